The van der Waals surface area contributed by atoms with Gasteiger partial charge in [0, 0.05) is 31.4 Å². The molecule has 1 aromatic heterocycles. The van der Waals surface area contributed by atoms with Gasteiger partial charge in [-0.15, -0.1) is 0 Å². The Hall–Kier alpha value is -2.70. The quantitative estimate of drug-likeness (QED) is 0.890. The van der Waals surface area contributed by atoms with Crippen molar-refractivity contribution in [3.63, 3.8) is 0 Å². The molecule has 0 radical (unpaired) electrons. The lowest BCUT2D eigenvalue weighted by Crippen LogP contribution is -2.46. The van der Waals surface area contributed by atoms with Crippen molar-refractivity contribution in [1.29, 1.82) is 0 Å². The van der Waals surface area contributed by atoms with Gasteiger partial charge < -0.3 is 15.0 Å². The molecule has 1 aliphatic rings. The van der Waals surface area contributed by atoms with Crippen LogP contribution in [0.2, 0.25) is 0 Å². The summed E-state index contributed by atoms with van der Waals surface area (Å²) in [5.41, 5.74) is 2.07. The fourth-order valence-corrected chi connectivity index (χ4v) is 2.88. The van der Waals surface area contributed by atoms with Crippen molar-refractivity contribution in [3.05, 3.63) is 53.9 Å². The number of anilines is 1. The molecule has 0 spiro atoms. The third kappa shape index (κ3) is 4.91. The molecule has 2 heterocycles. The van der Waals surface area contributed by atoms with Crippen molar-refractivity contribution >= 4 is 12.0 Å². The first-order valence-corrected chi connectivity index (χ1v) is 8.74. The van der Waals surface area contributed by atoms with Gasteiger partial charge in [-0.05, 0) is 25.0 Å². The molecular weight excluding hydrogens is 334 g/mol. The van der Waals surface area contributed by atoms with Crippen LogP contribution in [-0.4, -0.2) is 46.8 Å². The van der Waals surface area contributed by atoms with E-state index in [4.69, 9.17) is 4.74 Å². The zero-order valence-corrected chi connectivity index (χ0v) is 14.8. The Morgan fingerprint density at radius 2 is 2.04 bits per heavy atom. The van der Waals surface area contributed by atoms with E-state index in [1.807, 2.05) is 31.2 Å². The largest absolute Gasteiger partial charge is 0.445 e. The molecule has 138 valence electrons. The topological polar surface area (TPSA) is 67.3 Å². The lowest BCUT2D eigenvalue weighted by atomic mass is 9.95. The maximum absolute atomic E-state index is 14.4. The standard InChI is InChI=1S/C19H23FN4O2/c1-14-3-5-15(6-4-14)13-26-19(25)24-10-7-16(17(20)12-24)11-23-18-21-8-2-9-22-18/h2-6,8-9,16-17H,7,10-13H2,1H3,(H,21,22,23)/t16-,17-/m1/s1/i20-1. The number of hydrogen-bond donors (Lipinski definition) is 1. The Kier molecular flexibility index (Phi) is 5.99. The summed E-state index contributed by atoms with van der Waals surface area (Å²) in [4.78, 5) is 21.7. The van der Waals surface area contributed by atoms with E-state index in [1.54, 1.807) is 18.5 Å². The van der Waals surface area contributed by atoms with E-state index in [1.165, 1.54) is 4.90 Å². The van der Waals surface area contributed by atoms with Gasteiger partial charge in [-0.25, -0.2) is 19.2 Å². The Labute approximate surface area is 152 Å². The highest BCUT2D eigenvalue weighted by atomic mass is 18.2. The van der Waals surface area contributed by atoms with E-state index >= 15 is 0 Å². The first-order valence-electron chi connectivity index (χ1n) is 8.74. The summed E-state index contributed by atoms with van der Waals surface area (Å²) in [5.74, 6) is 0.305. The Balaban J connectivity index is 1.43. The third-order valence-corrected chi connectivity index (χ3v) is 4.51. The van der Waals surface area contributed by atoms with Crippen molar-refractivity contribution in [2.45, 2.75) is 26.1 Å². The molecule has 1 amide bonds. The van der Waals surface area contributed by atoms with Crippen molar-refractivity contribution in [3.8, 4) is 0 Å². The lowest BCUT2D eigenvalue weighted by Gasteiger charge is -2.34. The molecular formula is C19H23FN4O2. The second-order valence-electron chi connectivity index (χ2n) is 6.50. The van der Waals surface area contributed by atoms with Crippen molar-refractivity contribution in [2.75, 3.05) is 25.0 Å². The number of rotatable bonds is 5. The molecule has 1 aromatic carbocycles. The summed E-state index contributed by atoms with van der Waals surface area (Å²) in [6.45, 7) is 3.17. The van der Waals surface area contributed by atoms with Crippen LogP contribution in [0.5, 0.6) is 0 Å². The molecule has 2 aromatic rings. The van der Waals surface area contributed by atoms with E-state index in [0.29, 0.717) is 25.5 Å². The molecule has 26 heavy (non-hydrogen) atoms. The molecule has 1 fully saturated rings. The van der Waals surface area contributed by atoms with Crippen LogP contribution in [-0.2, 0) is 11.3 Å². The van der Waals surface area contributed by atoms with E-state index in [-0.39, 0.29) is 19.1 Å². The van der Waals surface area contributed by atoms with Crippen LogP contribution in [0.15, 0.2) is 42.7 Å². The Bertz CT molecular complexity index is 711. The summed E-state index contributed by atoms with van der Waals surface area (Å²) < 4.78 is 19.7. The minimum absolute atomic E-state index is 0.0503. The van der Waals surface area contributed by atoms with Gasteiger partial charge in [-0.1, -0.05) is 29.8 Å². The van der Waals surface area contributed by atoms with Crippen molar-refractivity contribution in [2.24, 2.45) is 5.92 Å². The maximum Gasteiger partial charge on any atom is 0.410 e. The first kappa shape index (κ1) is 18.1. The molecule has 0 aliphatic carbocycles. The van der Waals surface area contributed by atoms with Gasteiger partial charge in [0.1, 0.15) is 12.8 Å². The van der Waals surface area contributed by atoms with Crippen LogP contribution in [0.1, 0.15) is 17.5 Å². The SMILES string of the molecule is Cc1ccc(COC(=O)N2CC[C@H](CNc3ncccn3)[C@H]([18F])C2)cc1. The molecule has 3 rings (SSSR count). The highest BCUT2D eigenvalue weighted by Crippen LogP contribution is 2.22. The number of likely N-dealkylation sites (tertiary alicyclic amines) is 1. The number of ether oxygens (including phenoxy) is 1. The first-order chi connectivity index (χ1) is 12.6. The third-order valence-electron chi connectivity index (χ3n) is 4.51. The molecule has 6 nitrogen and oxygen atoms in total. The number of nitrogens with one attached hydrogen (secondary N) is 1. The minimum atomic E-state index is -1.10. The van der Waals surface area contributed by atoms with Gasteiger partial charge in [-0.3, -0.25) is 0 Å². The maximum atomic E-state index is 14.4. The normalized spacial score (nSPS) is 19.8. The second-order valence-corrected chi connectivity index (χ2v) is 6.50. The smallest absolute Gasteiger partial charge is 0.410 e. The molecule has 1 aliphatic heterocycles. The zero-order chi connectivity index (χ0) is 18.4. The van der Waals surface area contributed by atoms with Gasteiger partial charge in [0.15, 0.2) is 0 Å². The van der Waals surface area contributed by atoms with Crippen LogP contribution in [0.4, 0.5) is 15.1 Å². The monoisotopic (exact) mass is 357 g/mol. The number of halogens is 1. The lowest BCUT2D eigenvalue weighted by molar-refractivity contribution is 0.0544. The number of alkyl halides is 1. The van der Waals surface area contributed by atoms with Gasteiger partial charge in [0.05, 0.1) is 6.54 Å². The summed E-state index contributed by atoms with van der Waals surface area (Å²) >= 11 is 0. The minimum Gasteiger partial charge on any atom is -0.445 e. The number of nitrogens with zero attached hydrogens (tertiary/aromatic N) is 3. The van der Waals surface area contributed by atoms with E-state index in [0.717, 1.165) is 11.1 Å². The van der Waals surface area contributed by atoms with Gasteiger partial charge in [-0.2, -0.15) is 0 Å². The van der Waals surface area contributed by atoms with Crippen molar-refractivity contribution < 1.29 is 13.9 Å². The highest BCUT2D eigenvalue weighted by Gasteiger charge is 2.32. The molecule has 0 bridgehead atoms. The summed E-state index contributed by atoms with van der Waals surface area (Å²) in [7, 11) is 0. The van der Waals surface area contributed by atoms with Crippen LogP contribution in [0.3, 0.4) is 0 Å². The fourth-order valence-electron chi connectivity index (χ4n) is 2.88. The highest BCUT2D eigenvalue weighted by molar-refractivity contribution is 5.67. The molecule has 0 unspecified atom stereocenters. The summed E-state index contributed by atoms with van der Waals surface area (Å²) in [5, 5.41) is 3.04. The van der Waals surface area contributed by atoms with Crippen LogP contribution < -0.4 is 5.32 Å². The molecule has 1 N–H and O–H groups in total. The summed E-state index contributed by atoms with van der Waals surface area (Å²) in [6, 6.07) is 9.50. The van der Waals surface area contributed by atoms with Crippen molar-refractivity contribution in [1.82, 2.24) is 14.9 Å². The molecule has 2 atom stereocenters. The second kappa shape index (κ2) is 8.60. The van der Waals surface area contributed by atoms with E-state index in [9.17, 15) is 9.18 Å². The van der Waals surface area contributed by atoms with Gasteiger partial charge in [0.25, 0.3) is 0 Å². The average molecular weight is 357 g/mol. The van der Waals surface area contributed by atoms with Gasteiger partial charge in [0.2, 0.25) is 5.95 Å². The number of carbonyl (C=O) groups is 1. The zero-order valence-electron chi connectivity index (χ0n) is 14.8. The number of carbonyl (C=O) groups excluding carboxylic acids is 1. The number of hydrogen-bond acceptors (Lipinski definition) is 5. The van der Waals surface area contributed by atoms with E-state index in [2.05, 4.69) is 15.3 Å². The summed E-state index contributed by atoms with van der Waals surface area (Å²) in [6.07, 6.45) is 2.27. The number of aryl methyl sites for hydroxylation is 1. The van der Waals surface area contributed by atoms with E-state index < -0.39 is 12.3 Å². The predicted octanol–water partition coefficient (Wildman–Crippen LogP) is 3.19. The molecule has 7 heteroatoms. The average Bonchev–Trinajstić information content (AvgIpc) is 2.67. The van der Waals surface area contributed by atoms with Crippen LogP contribution in [0, 0.1) is 12.8 Å². The van der Waals surface area contributed by atoms with Gasteiger partial charge >= 0.3 is 6.09 Å². The van der Waals surface area contributed by atoms with Crippen LogP contribution >= 0.6 is 0 Å². The number of benzene rings is 1. The molecule has 1 saturated heterocycles. The Morgan fingerprint density at radius 1 is 1.31 bits per heavy atom. The number of piperidine rings is 1. The molecule has 0 saturated carbocycles. The van der Waals surface area contributed by atoms with Crippen LogP contribution in [0.25, 0.3) is 0 Å². The fraction of sp³-hybridized carbons (Fsp3) is 0.421. The predicted molar refractivity (Wildman–Crippen MR) is 96.5 cm³/mol. The number of aromatic nitrogens is 2. The Morgan fingerprint density at radius 3 is 2.73 bits per heavy atom. The number of amides is 1.